The van der Waals surface area contributed by atoms with Gasteiger partial charge in [0.25, 0.3) is 5.56 Å². The van der Waals surface area contributed by atoms with Gasteiger partial charge in [-0.15, -0.1) is 0 Å². The fourth-order valence-electron chi connectivity index (χ4n) is 2.88. The fourth-order valence-corrected chi connectivity index (χ4v) is 2.88. The zero-order chi connectivity index (χ0) is 20.8. The monoisotopic (exact) mass is 387 g/mol. The summed E-state index contributed by atoms with van der Waals surface area (Å²) >= 11 is 0. The number of methoxy groups -OCH3 is 2. The molecule has 2 aromatic rings. The lowest BCUT2D eigenvalue weighted by atomic mass is 9.88. The summed E-state index contributed by atoms with van der Waals surface area (Å²) in [5.74, 6) is -0.465. The minimum atomic E-state index is -0.721. The third-order valence-electron chi connectivity index (χ3n) is 4.20. The van der Waals surface area contributed by atoms with Gasteiger partial charge < -0.3 is 24.3 Å². The van der Waals surface area contributed by atoms with E-state index in [1.165, 1.54) is 20.3 Å². The van der Waals surface area contributed by atoms with Crippen LogP contribution in [0.1, 0.15) is 36.1 Å². The number of esters is 1. The molecular weight excluding hydrogens is 362 g/mol. The number of aryl methyl sites for hydroxylation is 1. The molecule has 150 valence electrons. The molecule has 2 N–H and O–H groups in total. The molecule has 0 radical (unpaired) electrons. The van der Waals surface area contributed by atoms with Gasteiger partial charge in [0, 0.05) is 11.6 Å². The highest BCUT2D eigenvalue weighted by Gasteiger charge is 2.26. The maximum atomic E-state index is 12.5. The van der Waals surface area contributed by atoms with Gasteiger partial charge >= 0.3 is 5.97 Å². The Balaban J connectivity index is 2.54. The van der Waals surface area contributed by atoms with Crippen LogP contribution in [0.2, 0.25) is 0 Å². The van der Waals surface area contributed by atoms with Gasteiger partial charge in [-0.1, -0.05) is 12.6 Å². The molecule has 1 heterocycles. The van der Waals surface area contributed by atoms with E-state index in [0.717, 1.165) is 5.57 Å². The number of aromatic amines is 1. The predicted octanol–water partition coefficient (Wildman–Crippen LogP) is 3.05. The van der Waals surface area contributed by atoms with E-state index in [9.17, 15) is 14.7 Å². The molecule has 0 saturated heterocycles. The number of ether oxygens (including phenoxy) is 3. The topological polar surface area (TPSA) is 97.9 Å². The minimum Gasteiger partial charge on any atom is -0.507 e. The Morgan fingerprint density at radius 2 is 1.96 bits per heavy atom. The highest BCUT2D eigenvalue weighted by molar-refractivity contribution is 5.71. The second-order valence-electron chi connectivity index (χ2n) is 6.57. The molecule has 0 aliphatic rings. The van der Waals surface area contributed by atoms with Gasteiger partial charge in [0.05, 0.1) is 26.2 Å². The summed E-state index contributed by atoms with van der Waals surface area (Å²) in [5, 5.41) is 10.4. The zero-order valence-corrected chi connectivity index (χ0v) is 16.5. The average Bonchev–Trinajstić information content (AvgIpc) is 2.64. The van der Waals surface area contributed by atoms with Crippen LogP contribution in [0.4, 0.5) is 0 Å². The number of benzene rings is 1. The van der Waals surface area contributed by atoms with Crippen LogP contribution in [0.3, 0.4) is 0 Å². The van der Waals surface area contributed by atoms with Crippen molar-refractivity contribution in [3.05, 3.63) is 63.6 Å². The predicted molar refractivity (Wildman–Crippen MR) is 105 cm³/mol. The van der Waals surface area contributed by atoms with Crippen molar-refractivity contribution < 1.29 is 24.1 Å². The lowest BCUT2D eigenvalue weighted by Gasteiger charge is -2.19. The number of hydrogen-bond acceptors (Lipinski definition) is 6. The van der Waals surface area contributed by atoms with Crippen molar-refractivity contribution in [1.29, 1.82) is 0 Å². The van der Waals surface area contributed by atoms with Crippen molar-refractivity contribution in [2.45, 2.75) is 26.2 Å². The Morgan fingerprint density at radius 3 is 2.54 bits per heavy atom. The molecule has 28 heavy (non-hydrogen) atoms. The van der Waals surface area contributed by atoms with Crippen LogP contribution in [0.25, 0.3) is 0 Å². The standard InChI is InChI=1S/C21H25NO6/c1-12(2)11-28-17-7-6-14(9-18(17)26-4)15(10-19(24)27-5)20-16(23)8-13(3)22-21(20)25/h6-9,15H,1,10-11H2,2-5H3,(H2,22,23,25). The number of hydrogen-bond donors (Lipinski definition) is 2. The van der Waals surface area contributed by atoms with Crippen molar-refractivity contribution in [3.8, 4) is 17.2 Å². The first kappa shape index (κ1) is 21.1. The smallest absolute Gasteiger partial charge is 0.306 e. The van der Waals surface area contributed by atoms with E-state index in [1.54, 1.807) is 25.1 Å². The molecule has 2 rings (SSSR count). The second-order valence-corrected chi connectivity index (χ2v) is 6.57. The number of aromatic hydroxyl groups is 1. The van der Waals surface area contributed by atoms with Crippen LogP contribution in [0.15, 0.2) is 41.2 Å². The lowest BCUT2D eigenvalue weighted by molar-refractivity contribution is -0.140. The molecule has 0 spiro atoms. The van der Waals surface area contributed by atoms with E-state index >= 15 is 0 Å². The van der Waals surface area contributed by atoms with Crippen LogP contribution in [0, 0.1) is 6.92 Å². The van der Waals surface area contributed by atoms with Crippen molar-refractivity contribution in [2.75, 3.05) is 20.8 Å². The van der Waals surface area contributed by atoms with Crippen LogP contribution in [0.5, 0.6) is 17.2 Å². The Kier molecular flexibility index (Phi) is 6.87. The zero-order valence-electron chi connectivity index (χ0n) is 16.5. The molecule has 1 aromatic carbocycles. The summed E-state index contributed by atoms with van der Waals surface area (Å²) in [7, 11) is 2.77. The molecule has 0 bridgehead atoms. The number of H-pyrrole nitrogens is 1. The first-order valence-corrected chi connectivity index (χ1v) is 8.71. The Labute approximate surface area is 163 Å². The number of carbonyl (C=O) groups is 1. The van der Waals surface area contributed by atoms with Gasteiger partial charge in [-0.05, 0) is 43.2 Å². The molecular formula is C21H25NO6. The molecule has 0 aliphatic carbocycles. The summed E-state index contributed by atoms with van der Waals surface area (Å²) in [6, 6.07) is 6.55. The number of carbonyl (C=O) groups excluding carboxylic acids is 1. The van der Waals surface area contributed by atoms with Crippen molar-refractivity contribution >= 4 is 5.97 Å². The minimum absolute atomic E-state index is 0.0913. The third kappa shape index (κ3) is 4.94. The van der Waals surface area contributed by atoms with Gasteiger partial charge in [-0.25, -0.2) is 0 Å². The van der Waals surface area contributed by atoms with E-state index in [0.29, 0.717) is 29.4 Å². The maximum absolute atomic E-state index is 12.5. The van der Waals surface area contributed by atoms with E-state index < -0.39 is 17.4 Å². The molecule has 1 aromatic heterocycles. The summed E-state index contributed by atoms with van der Waals surface area (Å²) in [4.78, 5) is 27.1. The van der Waals surface area contributed by atoms with Gasteiger partial charge in [0.15, 0.2) is 11.5 Å². The Hall–Kier alpha value is -3.22. The second kappa shape index (κ2) is 9.12. The normalized spacial score (nSPS) is 11.6. The number of pyridine rings is 1. The number of rotatable bonds is 8. The van der Waals surface area contributed by atoms with Gasteiger partial charge in [0.1, 0.15) is 12.4 Å². The van der Waals surface area contributed by atoms with Crippen LogP contribution in [-0.2, 0) is 9.53 Å². The molecule has 1 unspecified atom stereocenters. The van der Waals surface area contributed by atoms with E-state index in [2.05, 4.69) is 11.6 Å². The number of nitrogens with one attached hydrogen (secondary N) is 1. The maximum Gasteiger partial charge on any atom is 0.306 e. The van der Waals surface area contributed by atoms with E-state index in [1.807, 2.05) is 6.92 Å². The van der Waals surface area contributed by atoms with Gasteiger partial charge in [0.2, 0.25) is 0 Å². The molecule has 0 aliphatic heterocycles. The molecule has 1 atom stereocenters. The summed E-state index contributed by atoms with van der Waals surface area (Å²) < 4.78 is 15.8. The molecule has 0 saturated carbocycles. The quantitative estimate of drug-likeness (QED) is 0.534. The third-order valence-corrected chi connectivity index (χ3v) is 4.20. The Morgan fingerprint density at radius 1 is 1.25 bits per heavy atom. The van der Waals surface area contributed by atoms with E-state index in [4.69, 9.17) is 14.2 Å². The molecule has 0 fully saturated rings. The molecule has 0 amide bonds. The molecule has 7 nitrogen and oxygen atoms in total. The first-order valence-electron chi connectivity index (χ1n) is 8.71. The summed E-state index contributed by atoms with van der Waals surface area (Å²) in [6.07, 6.45) is -0.120. The van der Waals surface area contributed by atoms with Crippen molar-refractivity contribution in [1.82, 2.24) is 4.98 Å². The highest BCUT2D eigenvalue weighted by atomic mass is 16.5. The SMILES string of the molecule is C=C(C)COc1ccc(C(CC(=O)OC)c2c(O)cc(C)[nH]c2=O)cc1OC. The lowest BCUT2D eigenvalue weighted by Crippen LogP contribution is -2.21. The fraction of sp³-hybridized carbons (Fsp3) is 0.333. The summed E-state index contributed by atoms with van der Waals surface area (Å²) in [5.41, 5.74) is 1.60. The highest BCUT2D eigenvalue weighted by Crippen LogP contribution is 2.37. The first-order chi connectivity index (χ1) is 13.3. The van der Waals surface area contributed by atoms with Crippen LogP contribution < -0.4 is 15.0 Å². The number of aromatic nitrogens is 1. The largest absolute Gasteiger partial charge is 0.507 e. The van der Waals surface area contributed by atoms with E-state index in [-0.39, 0.29) is 17.7 Å². The average molecular weight is 387 g/mol. The van der Waals surface area contributed by atoms with Gasteiger partial charge in [-0.3, -0.25) is 9.59 Å². The van der Waals surface area contributed by atoms with Crippen LogP contribution >= 0.6 is 0 Å². The summed E-state index contributed by atoms with van der Waals surface area (Å²) in [6.45, 7) is 7.64. The molecule has 7 heteroatoms. The van der Waals surface area contributed by atoms with Crippen molar-refractivity contribution in [3.63, 3.8) is 0 Å². The van der Waals surface area contributed by atoms with Crippen molar-refractivity contribution in [2.24, 2.45) is 0 Å². The van der Waals surface area contributed by atoms with Crippen LogP contribution in [-0.4, -0.2) is 36.9 Å². The Bertz CT molecular complexity index is 931. The van der Waals surface area contributed by atoms with Gasteiger partial charge in [-0.2, -0.15) is 0 Å².